The van der Waals surface area contributed by atoms with Crippen LogP contribution in [0.5, 0.6) is 0 Å². The molecule has 0 aromatic heterocycles. The molecule has 0 saturated heterocycles. The van der Waals surface area contributed by atoms with Gasteiger partial charge in [-0.25, -0.2) is 9.18 Å². The molecule has 1 amide bonds. The van der Waals surface area contributed by atoms with Gasteiger partial charge in [0.15, 0.2) is 0 Å². The highest BCUT2D eigenvalue weighted by Gasteiger charge is 2.14. The molecule has 0 atom stereocenters. The van der Waals surface area contributed by atoms with E-state index in [1.807, 2.05) is 0 Å². The molecule has 2 aromatic carbocycles. The average molecular weight is 342 g/mol. The summed E-state index contributed by atoms with van der Waals surface area (Å²) in [5.74, 6) is -1.93. The Morgan fingerprint density at radius 1 is 1.05 bits per heavy atom. The highest BCUT2D eigenvalue weighted by atomic mass is 35.5. The summed E-state index contributed by atoms with van der Waals surface area (Å²) in [5, 5.41) is 2.92. The Balaban J connectivity index is 2.29. The fourth-order valence-corrected chi connectivity index (χ4v) is 2.27. The number of hydrogen-bond donors (Lipinski definition) is 1. The van der Waals surface area contributed by atoms with Gasteiger partial charge in [-0.1, -0.05) is 23.2 Å². The van der Waals surface area contributed by atoms with Crippen molar-refractivity contribution in [2.24, 2.45) is 0 Å². The molecule has 0 aliphatic rings. The third-order valence-electron chi connectivity index (χ3n) is 2.76. The highest BCUT2D eigenvalue weighted by molar-refractivity contribution is 6.35. The van der Waals surface area contributed by atoms with Crippen LogP contribution in [0.1, 0.15) is 20.7 Å². The number of carbonyl (C=O) groups is 2. The molecule has 0 saturated carbocycles. The van der Waals surface area contributed by atoms with E-state index in [9.17, 15) is 14.0 Å². The molecule has 0 radical (unpaired) electrons. The van der Waals surface area contributed by atoms with Crippen LogP contribution in [0.15, 0.2) is 36.4 Å². The standard InChI is InChI=1S/C15H10Cl2FNO3/c1-22-15(21)8-2-3-12(18)13(6-8)19-14(20)9-4-10(16)7-11(17)5-9/h2-7H,1H3,(H,19,20). The van der Waals surface area contributed by atoms with Crippen molar-refractivity contribution in [2.45, 2.75) is 0 Å². The van der Waals surface area contributed by atoms with Gasteiger partial charge in [0, 0.05) is 15.6 Å². The van der Waals surface area contributed by atoms with E-state index < -0.39 is 17.7 Å². The predicted octanol–water partition coefficient (Wildman–Crippen LogP) is 4.17. The molecule has 2 rings (SSSR count). The van der Waals surface area contributed by atoms with Crippen LogP contribution in [0.2, 0.25) is 10.0 Å². The van der Waals surface area contributed by atoms with Crippen molar-refractivity contribution in [3.8, 4) is 0 Å². The number of amides is 1. The number of halogens is 3. The maximum Gasteiger partial charge on any atom is 0.337 e. The summed E-state index contributed by atoms with van der Waals surface area (Å²) in [6.45, 7) is 0. The lowest BCUT2D eigenvalue weighted by molar-refractivity contribution is 0.0600. The summed E-state index contributed by atoms with van der Waals surface area (Å²) in [4.78, 5) is 23.5. The minimum Gasteiger partial charge on any atom is -0.465 e. The topological polar surface area (TPSA) is 55.4 Å². The largest absolute Gasteiger partial charge is 0.465 e. The van der Waals surface area contributed by atoms with Gasteiger partial charge in [0.2, 0.25) is 0 Å². The first-order valence-corrected chi connectivity index (χ1v) is 6.81. The minimum atomic E-state index is -0.686. The van der Waals surface area contributed by atoms with E-state index in [4.69, 9.17) is 23.2 Å². The Morgan fingerprint density at radius 3 is 2.27 bits per heavy atom. The summed E-state index contributed by atoms with van der Waals surface area (Å²) in [6.07, 6.45) is 0. The molecular formula is C15H10Cl2FNO3. The number of benzene rings is 2. The van der Waals surface area contributed by atoms with Crippen molar-refractivity contribution in [1.82, 2.24) is 0 Å². The van der Waals surface area contributed by atoms with Gasteiger partial charge in [-0.3, -0.25) is 4.79 Å². The average Bonchev–Trinajstić information content (AvgIpc) is 2.47. The molecular weight excluding hydrogens is 332 g/mol. The van der Waals surface area contributed by atoms with E-state index in [0.717, 1.165) is 6.07 Å². The third-order valence-corrected chi connectivity index (χ3v) is 3.20. The van der Waals surface area contributed by atoms with E-state index in [2.05, 4.69) is 10.1 Å². The van der Waals surface area contributed by atoms with Gasteiger partial charge in [0.05, 0.1) is 18.4 Å². The smallest absolute Gasteiger partial charge is 0.337 e. The molecule has 0 unspecified atom stereocenters. The number of hydrogen-bond acceptors (Lipinski definition) is 3. The van der Waals surface area contributed by atoms with Crippen molar-refractivity contribution < 1.29 is 18.7 Å². The van der Waals surface area contributed by atoms with Gasteiger partial charge in [0.1, 0.15) is 5.82 Å². The first-order valence-electron chi connectivity index (χ1n) is 6.06. The quantitative estimate of drug-likeness (QED) is 0.852. The second-order valence-corrected chi connectivity index (χ2v) is 5.17. The summed E-state index contributed by atoms with van der Waals surface area (Å²) in [7, 11) is 1.21. The lowest BCUT2D eigenvalue weighted by atomic mass is 10.1. The Bertz CT molecular complexity index is 729. The molecule has 114 valence electrons. The number of methoxy groups -OCH3 is 1. The zero-order valence-corrected chi connectivity index (χ0v) is 12.8. The van der Waals surface area contributed by atoms with Crippen LogP contribution in [-0.2, 0) is 4.74 Å². The van der Waals surface area contributed by atoms with Crippen molar-refractivity contribution in [3.63, 3.8) is 0 Å². The van der Waals surface area contributed by atoms with Crippen molar-refractivity contribution in [3.05, 3.63) is 63.4 Å². The van der Waals surface area contributed by atoms with Gasteiger partial charge in [-0.05, 0) is 36.4 Å². The maximum absolute atomic E-state index is 13.8. The molecule has 0 heterocycles. The van der Waals surface area contributed by atoms with Gasteiger partial charge in [0.25, 0.3) is 5.91 Å². The van der Waals surface area contributed by atoms with E-state index >= 15 is 0 Å². The predicted molar refractivity (Wildman–Crippen MR) is 82.2 cm³/mol. The minimum absolute atomic E-state index is 0.114. The first kappa shape index (κ1) is 16.3. The van der Waals surface area contributed by atoms with E-state index in [1.165, 1.54) is 37.4 Å². The zero-order valence-electron chi connectivity index (χ0n) is 11.3. The number of ether oxygens (including phenoxy) is 1. The number of esters is 1. The third kappa shape index (κ3) is 3.75. The van der Waals surface area contributed by atoms with Gasteiger partial charge in [-0.2, -0.15) is 0 Å². The molecule has 1 N–H and O–H groups in total. The van der Waals surface area contributed by atoms with E-state index in [-0.39, 0.29) is 26.9 Å². The molecule has 2 aromatic rings. The molecule has 4 nitrogen and oxygen atoms in total. The van der Waals surface area contributed by atoms with Gasteiger partial charge in [-0.15, -0.1) is 0 Å². The molecule has 22 heavy (non-hydrogen) atoms. The van der Waals surface area contributed by atoms with E-state index in [1.54, 1.807) is 0 Å². The monoisotopic (exact) mass is 341 g/mol. The normalized spacial score (nSPS) is 10.2. The SMILES string of the molecule is COC(=O)c1ccc(F)c(NC(=O)c2cc(Cl)cc(Cl)c2)c1. The first-order chi connectivity index (χ1) is 10.4. The Kier molecular flexibility index (Phi) is 5.00. The Labute approximate surface area is 135 Å². The number of carbonyl (C=O) groups excluding carboxylic acids is 2. The Morgan fingerprint density at radius 2 is 1.68 bits per heavy atom. The molecule has 7 heteroatoms. The molecule has 0 bridgehead atoms. The summed E-state index contributed by atoms with van der Waals surface area (Å²) in [5.41, 5.74) is 0.132. The second kappa shape index (κ2) is 6.77. The van der Waals surface area contributed by atoms with Crippen molar-refractivity contribution >= 4 is 40.8 Å². The number of nitrogens with one attached hydrogen (secondary N) is 1. The van der Waals surface area contributed by atoms with Crippen LogP contribution < -0.4 is 5.32 Å². The van der Waals surface area contributed by atoms with Crippen LogP contribution >= 0.6 is 23.2 Å². The fraction of sp³-hybridized carbons (Fsp3) is 0.0667. The van der Waals surface area contributed by atoms with Crippen LogP contribution in [0.3, 0.4) is 0 Å². The van der Waals surface area contributed by atoms with Crippen LogP contribution in [0, 0.1) is 5.82 Å². The van der Waals surface area contributed by atoms with Crippen LogP contribution in [0.25, 0.3) is 0 Å². The molecule has 0 fully saturated rings. The summed E-state index contributed by atoms with van der Waals surface area (Å²) in [6, 6.07) is 7.76. The van der Waals surface area contributed by atoms with Crippen molar-refractivity contribution in [2.75, 3.05) is 12.4 Å². The van der Waals surface area contributed by atoms with Crippen molar-refractivity contribution in [1.29, 1.82) is 0 Å². The summed E-state index contributed by atoms with van der Waals surface area (Å²) < 4.78 is 18.3. The van der Waals surface area contributed by atoms with Gasteiger partial charge < -0.3 is 10.1 Å². The second-order valence-electron chi connectivity index (χ2n) is 4.30. The number of anilines is 1. The maximum atomic E-state index is 13.8. The van der Waals surface area contributed by atoms with Crippen LogP contribution in [-0.4, -0.2) is 19.0 Å². The van der Waals surface area contributed by atoms with E-state index in [0.29, 0.717) is 0 Å². The lowest BCUT2D eigenvalue weighted by Crippen LogP contribution is -2.14. The number of rotatable bonds is 3. The highest BCUT2D eigenvalue weighted by Crippen LogP contribution is 2.22. The summed E-state index contributed by atoms with van der Waals surface area (Å²) >= 11 is 11.6. The van der Waals surface area contributed by atoms with Crippen LogP contribution in [0.4, 0.5) is 10.1 Å². The zero-order chi connectivity index (χ0) is 16.3. The fourth-order valence-electron chi connectivity index (χ4n) is 1.75. The molecule has 0 aliphatic carbocycles. The Hall–Kier alpha value is -2.11. The molecule has 0 aliphatic heterocycles. The lowest BCUT2D eigenvalue weighted by Gasteiger charge is -2.09. The molecule has 0 spiro atoms. The van der Waals surface area contributed by atoms with Gasteiger partial charge >= 0.3 is 5.97 Å².